The zero-order chi connectivity index (χ0) is 17.3. The van der Waals surface area contributed by atoms with Crippen LogP contribution >= 0.6 is 0 Å². The molecule has 0 saturated carbocycles. The first-order chi connectivity index (χ1) is 11.5. The lowest BCUT2D eigenvalue weighted by Crippen LogP contribution is -2.07. The van der Waals surface area contributed by atoms with Crippen LogP contribution in [-0.4, -0.2) is 23.3 Å². The Kier molecular flexibility index (Phi) is 4.08. The van der Waals surface area contributed by atoms with Crippen molar-refractivity contribution < 1.29 is 14.3 Å². The lowest BCUT2D eigenvalue weighted by Gasteiger charge is -2.06. The molecule has 0 aliphatic heterocycles. The van der Waals surface area contributed by atoms with Crippen LogP contribution in [0.2, 0.25) is 0 Å². The molecule has 0 amide bonds. The zero-order valence-corrected chi connectivity index (χ0v) is 13.6. The van der Waals surface area contributed by atoms with Gasteiger partial charge in [-0.1, -0.05) is 30.3 Å². The summed E-state index contributed by atoms with van der Waals surface area (Å²) < 4.78 is 5.11. The number of H-pyrrole nitrogens is 1. The minimum atomic E-state index is -0.449. The molecule has 122 valence electrons. The van der Waals surface area contributed by atoms with Crippen LogP contribution in [0.25, 0.3) is 10.9 Å². The van der Waals surface area contributed by atoms with Crippen molar-refractivity contribution in [3.05, 3.63) is 64.8 Å². The summed E-state index contributed by atoms with van der Waals surface area (Å²) in [7, 11) is 0. The monoisotopic (exact) mass is 322 g/mol. The number of aryl methyl sites for hydroxylation is 1. The molecule has 5 nitrogen and oxygen atoms in total. The number of carbonyl (C=O) groups is 2. The Labute approximate surface area is 139 Å². The van der Waals surface area contributed by atoms with Gasteiger partial charge in [0.1, 0.15) is 5.69 Å². The molecule has 3 aromatic rings. The van der Waals surface area contributed by atoms with E-state index in [2.05, 4.69) is 4.98 Å². The van der Waals surface area contributed by atoms with Gasteiger partial charge in [-0.3, -0.25) is 4.79 Å². The van der Waals surface area contributed by atoms with Gasteiger partial charge in [0.2, 0.25) is 5.78 Å². The van der Waals surface area contributed by atoms with Gasteiger partial charge in [-0.05, 0) is 31.5 Å². The van der Waals surface area contributed by atoms with Crippen molar-refractivity contribution in [2.24, 2.45) is 0 Å². The number of anilines is 1. The minimum absolute atomic E-state index is 0.211. The number of ether oxygens (including phenoxy) is 1. The predicted molar refractivity (Wildman–Crippen MR) is 93.3 cm³/mol. The smallest absolute Gasteiger partial charge is 0.338 e. The second kappa shape index (κ2) is 6.20. The average Bonchev–Trinajstić information content (AvgIpc) is 2.91. The molecule has 0 fully saturated rings. The molecule has 0 saturated heterocycles. The second-order valence-electron chi connectivity index (χ2n) is 5.56. The molecule has 24 heavy (non-hydrogen) atoms. The van der Waals surface area contributed by atoms with Gasteiger partial charge in [0.15, 0.2) is 0 Å². The Morgan fingerprint density at radius 3 is 2.54 bits per heavy atom. The quantitative estimate of drug-likeness (QED) is 0.569. The third kappa shape index (κ3) is 2.65. The molecule has 3 rings (SSSR count). The number of fused-ring (bicyclic) bond motifs is 1. The van der Waals surface area contributed by atoms with E-state index in [9.17, 15) is 9.59 Å². The van der Waals surface area contributed by atoms with E-state index in [1.807, 2.05) is 19.1 Å². The number of aromatic amines is 1. The lowest BCUT2D eigenvalue weighted by molar-refractivity contribution is 0.0528. The van der Waals surface area contributed by atoms with Crippen molar-refractivity contribution in [1.29, 1.82) is 0 Å². The molecule has 0 aliphatic carbocycles. The van der Waals surface area contributed by atoms with E-state index in [-0.39, 0.29) is 23.8 Å². The van der Waals surface area contributed by atoms with E-state index in [1.54, 1.807) is 37.3 Å². The van der Waals surface area contributed by atoms with Gasteiger partial charge >= 0.3 is 5.97 Å². The van der Waals surface area contributed by atoms with Crippen LogP contribution < -0.4 is 5.73 Å². The number of carbonyl (C=O) groups excluding carboxylic acids is 2. The van der Waals surface area contributed by atoms with Gasteiger partial charge in [0.05, 0.1) is 17.9 Å². The van der Waals surface area contributed by atoms with Crippen molar-refractivity contribution in [2.45, 2.75) is 13.8 Å². The van der Waals surface area contributed by atoms with Crippen LogP contribution in [0.4, 0.5) is 5.69 Å². The predicted octanol–water partition coefficient (Wildman–Crippen LogP) is 3.47. The Bertz CT molecular complexity index is 927. The van der Waals surface area contributed by atoms with E-state index in [4.69, 9.17) is 10.5 Å². The van der Waals surface area contributed by atoms with E-state index in [1.165, 1.54) is 0 Å². The van der Waals surface area contributed by atoms with E-state index in [0.29, 0.717) is 22.0 Å². The summed E-state index contributed by atoms with van der Waals surface area (Å²) in [5.41, 5.74) is 9.18. The molecule has 0 unspecified atom stereocenters. The Morgan fingerprint density at radius 2 is 1.88 bits per heavy atom. The van der Waals surface area contributed by atoms with Crippen molar-refractivity contribution in [3.8, 4) is 0 Å². The summed E-state index contributed by atoms with van der Waals surface area (Å²) in [4.78, 5) is 28.0. The van der Waals surface area contributed by atoms with Crippen molar-refractivity contribution in [1.82, 2.24) is 4.98 Å². The molecule has 0 bridgehead atoms. The highest BCUT2D eigenvalue weighted by molar-refractivity contribution is 6.19. The second-order valence-corrected chi connectivity index (χ2v) is 5.56. The highest BCUT2D eigenvalue weighted by Crippen LogP contribution is 2.31. The first kappa shape index (κ1) is 15.8. The normalized spacial score (nSPS) is 10.8. The van der Waals surface area contributed by atoms with Crippen molar-refractivity contribution in [2.75, 3.05) is 12.3 Å². The zero-order valence-electron chi connectivity index (χ0n) is 13.6. The number of ketones is 1. The fourth-order valence-corrected chi connectivity index (χ4v) is 2.78. The summed E-state index contributed by atoms with van der Waals surface area (Å²) in [6.45, 7) is 3.89. The maximum absolute atomic E-state index is 12.7. The Balaban J connectivity index is 2.19. The first-order valence-electron chi connectivity index (χ1n) is 7.71. The molecular weight excluding hydrogens is 304 g/mol. The maximum atomic E-state index is 12.7. The largest absolute Gasteiger partial charge is 0.462 e. The van der Waals surface area contributed by atoms with Gasteiger partial charge in [-0.2, -0.15) is 0 Å². The molecule has 2 aromatic carbocycles. The molecule has 0 aliphatic rings. The Morgan fingerprint density at radius 1 is 1.17 bits per heavy atom. The topological polar surface area (TPSA) is 85.2 Å². The summed E-state index contributed by atoms with van der Waals surface area (Å²) in [5, 5.41) is 0.526. The molecule has 0 atom stereocenters. The number of nitrogens with two attached hydrogens (primary N) is 1. The minimum Gasteiger partial charge on any atom is -0.462 e. The number of nitrogen functional groups attached to an aromatic ring is 1. The van der Waals surface area contributed by atoms with Gasteiger partial charge in [0, 0.05) is 16.5 Å². The summed E-state index contributed by atoms with van der Waals surface area (Å²) >= 11 is 0. The van der Waals surface area contributed by atoms with Crippen LogP contribution in [0.15, 0.2) is 42.5 Å². The number of nitrogens with one attached hydrogen (secondary N) is 1. The highest BCUT2D eigenvalue weighted by Gasteiger charge is 2.22. The van der Waals surface area contributed by atoms with Gasteiger partial charge in [-0.15, -0.1) is 0 Å². The Hall–Kier alpha value is -3.08. The summed E-state index contributed by atoms with van der Waals surface area (Å²) in [6.07, 6.45) is 0. The summed E-state index contributed by atoms with van der Waals surface area (Å²) in [5.74, 6) is -0.660. The lowest BCUT2D eigenvalue weighted by atomic mass is 10.0. The van der Waals surface area contributed by atoms with Crippen molar-refractivity contribution in [3.63, 3.8) is 0 Å². The standard InChI is InChI=1S/C19H18N2O3/c1-3-24-19(23)13-9-11(2)10-14-15(13)16(20)17(21-14)18(22)12-7-5-4-6-8-12/h4-10,21H,3,20H2,1-2H3. The SMILES string of the molecule is CCOC(=O)c1cc(C)cc2[nH]c(C(=O)c3ccccc3)c(N)c12. The number of aromatic nitrogens is 1. The van der Waals surface area contributed by atoms with Crippen LogP contribution in [0.3, 0.4) is 0 Å². The molecular formula is C19H18N2O3. The van der Waals surface area contributed by atoms with Crippen LogP contribution in [-0.2, 0) is 4.74 Å². The molecule has 5 heteroatoms. The number of hydrogen-bond donors (Lipinski definition) is 2. The third-order valence-corrected chi connectivity index (χ3v) is 3.84. The average molecular weight is 322 g/mol. The van der Waals surface area contributed by atoms with Gasteiger partial charge < -0.3 is 15.5 Å². The fourth-order valence-electron chi connectivity index (χ4n) is 2.78. The third-order valence-electron chi connectivity index (χ3n) is 3.84. The molecule has 3 N–H and O–H groups in total. The van der Waals surface area contributed by atoms with Crippen LogP contribution in [0.1, 0.15) is 38.9 Å². The van der Waals surface area contributed by atoms with E-state index in [0.717, 1.165) is 5.56 Å². The molecule has 1 aromatic heterocycles. The summed E-state index contributed by atoms with van der Waals surface area (Å²) in [6, 6.07) is 12.5. The molecule has 1 heterocycles. The van der Waals surface area contributed by atoms with Gasteiger partial charge in [-0.25, -0.2) is 4.79 Å². The fraction of sp³-hybridized carbons (Fsp3) is 0.158. The highest BCUT2D eigenvalue weighted by atomic mass is 16.5. The number of rotatable bonds is 4. The van der Waals surface area contributed by atoms with Crippen molar-refractivity contribution >= 4 is 28.3 Å². The van der Waals surface area contributed by atoms with Gasteiger partial charge in [0.25, 0.3) is 0 Å². The van der Waals surface area contributed by atoms with E-state index >= 15 is 0 Å². The first-order valence-corrected chi connectivity index (χ1v) is 7.71. The maximum Gasteiger partial charge on any atom is 0.338 e. The van der Waals surface area contributed by atoms with Crippen LogP contribution in [0, 0.1) is 6.92 Å². The number of hydrogen-bond acceptors (Lipinski definition) is 4. The molecule has 0 spiro atoms. The number of esters is 1. The molecule has 0 radical (unpaired) electrons. The van der Waals surface area contributed by atoms with Crippen LogP contribution in [0.5, 0.6) is 0 Å². The number of benzene rings is 2. The van der Waals surface area contributed by atoms with E-state index < -0.39 is 5.97 Å².